The first kappa shape index (κ1) is 14.1. The highest BCUT2D eigenvalue weighted by Crippen LogP contribution is 2.21. The second-order valence-electron chi connectivity index (χ2n) is 4.37. The lowest BCUT2D eigenvalue weighted by Crippen LogP contribution is -2.21. The van der Waals surface area contributed by atoms with Gasteiger partial charge in [0.25, 0.3) is 5.91 Å². The van der Waals surface area contributed by atoms with E-state index in [0.29, 0.717) is 5.56 Å². The number of carbonyl (C=O) groups excluding carboxylic acids is 1. The Morgan fingerprint density at radius 1 is 1.37 bits per heavy atom. The third-order valence-electron chi connectivity index (χ3n) is 2.60. The second-order valence-corrected chi connectivity index (χ2v) is 6.28. The van der Waals surface area contributed by atoms with Crippen molar-refractivity contribution in [3.8, 4) is 0 Å². The average Bonchev–Trinajstić information content (AvgIpc) is 2.81. The summed E-state index contributed by atoms with van der Waals surface area (Å²) in [4.78, 5) is 14.7. The van der Waals surface area contributed by atoms with Crippen molar-refractivity contribution in [1.29, 1.82) is 0 Å². The van der Waals surface area contributed by atoms with Gasteiger partial charge in [0.2, 0.25) is 0 Å². The van der Waals surface area contributed by atoms with E-state index in [-0.39, 0.29) is 5.91 Å². The van der Waals surface area contributed by atoms with E-state index in [9.17, 15) is 4.79 Å². The minimum Gasteiger partial charge on any atom is -0.380 e. The number of anilines is 1. The molecule has 5 heteroatoms. The van der Waals surface area contributed by atoms with Crippen LogP contribution in [-0.2, 0) is 6.54 Å². The summed E-state index contributed by atoms with van der Waals surface area (Å²) in [6, 6.07) is 9.66. The van der Waals surface area contributed by atoms with E-state index in [1.807, 2.05) is 24.3 Å². The number of hydrogen-bond donors (Lipinski definition) is 1. The number of thiophene rings is 1. The first-order valence-corrected chi connectivity index (χ1v) is 7.52. The summed E-state index contributed by atoms with van der Waals surface area (Å²) in [5.41, 5.74) is 1.65. The molecule has 0 aliphatic rings. The van der Waals surface area contributed by atoms with Crippen LogP contribution in [0.3, 0.4) is 0 Å². The standard InChI is InChI=1S/C14H15BrN2OS/c1-17(2)14(18)10-4-3-5-12(6-10)16-8-13-7-11(15)9-19-13/h3-7,9,16H,8H2,1-2H3. The lowest BCUT2D eigenvalue weighted by Gasteiger charge is -2.11. The number of benzene rings is 1. The third kappa shape index (κ3) is 3.81. The van der Waals surface area contributed by atoms with Gasteiger partial charge in [0.1, 0.15) is 0 Å². The molecule has 100 valence electrons. The largest absolute Gasteiger partial charge is 0.380 e. The van der Waals surface area contributed by atoms with Crippen molar-refractivity contribution < 1.29 is 4.79 Å². The first-order valence-electron chi connectivity index (χ1n) is 5.85. The molecule has 0 fully saturated rings. The van der Waals surface area contributed by atoms with Gasteiger partial charge in [-0.05, 0) is 40.2 Å². The van der Waals surface area contributed by atoms with Crippen LogP contribution in [0.1, 0.15) is 15.2 Å². The molecule has 0 radical (unpaired) electrons. The fraction of sp³-hybridized carbons (Fsp3) is 0.214. The van der Waals surface area contributed by atoms with Crippen LogP contribution < -0.4 is 5.32 Å². The van der Waals surface area contributed by atoms with Crippen molar-refractivity contribution in [3.63, 3.8) is 0 Å². The van der Waals surface area contributed by atoms with Crippen molar-refractivity contribution in [2.75, 3.05) is 19.4 Å². The summed E-state index contributed by atoms with van der Waals surface area (Å²) >= 11 is 5.14. The second kappa shape index (κ2) is 6.21. The van der Waals surface area contributed by atoms with Gasteiger partial charge in [0, 0.05) is 46.6 Å². The fourth-order valence-electron chi connectivity index (χ4n) is 1.66. The van der Waals surface area contributed by atoms with Gasteiger partial charge < -0.3 is 10.2 Å². The van der Waals surface area contributed by atoms with E-state index < -0.39 is 0 Å². The molecular formula is C14H15BrN2OS. The molecule has 3 nitrogen and oxygen atoms in total. The molecule has 0 saturated carbocycles. The number of carbonyl (C=O) groups is 1. The highest BCUT2D eigenvalue weighted by atomic mass is 79.9. The molecule has 0 spiro atoms. The SMILES string of the molecule is CN(C)C(=O)c1cccc(NCc2cc(Br)cs2)c1. The highest BCUT2D eigenvalue weighted by Gasteiger charge is 2.08. The Kier molecular flexibility index (Phi) is 4.61. The highest BCUT2D eigenvalue weighted by molar-refractivity contribution is 9.10. The first-order chi connectivity index (χ1) is 9.06. The lowest BCUT2D eigenvalue weighted by molar-refractivity contribution is 0.0827. The quantitative estimate of drug-likeness (QED) is 0.918. The molecule has 1 aromatic carbocycles. The number of halogens is 1. The number of nitrogens with one attached hydrogen (secondary N) is 1. The smallest absolute Gasteiger partial charge is 0.253 e. The van der Waals surface area contributed by atoms with Gasteiger partial charge in [-0.25, -0.2) is 0 Å². The number of hydrogen-bond acceptors (Lipinski definition) is 3. The Labute approximate surface area is 125 Å². The van der Waals surface area contributed by atoms with Crippen LogP contribution in [0.15, 0.2) is 40.2 Å². The summed E-state index contributed by atoms with van der Waals surface area (Å²) < 4.78 is 1.10. The maximum atomic E-state index is 11.9. The Morgan fingerprint density at radius 3 is 2.79 bits per heavy atom. The normalized spacial score (nSPS) is 10.3. The Hall–Kier alpha value is -1.33. The van der Waals surface area contributed by atoms with Gasteiger partial charge in [0.05, 0.1) is 0 Å². The van der Waals surface area contributed by atoms with Crippen LogP contribution in [0.5, 0.6) is 0 Å². The van der Waals surface area contributed by atoms with Gasteiger partial charge in [-0.1, -0.05) is 6.07 Å². The van der Waals surface area contributed by atoms with Crippen LogP contribution in [-0.4, -0.2) is 24.9 Å². The van der Waals surface area contributed by atoms with E-state index in [2.05, 4.69) is 32.7 Å². The van der Waals surface area contributed by atoms with E-state index in [4.69, 9.17) is 0 Å². The predicted molar refractivity (Wildman–Crippen MR) is 83.8 cm³/mol. The Balaban J connectivity index is 2.05. The molecule has 19 heavy (non-hydrogen) atoms. The van der Waals surface area contributed by atoms with Gasteiger partial charge >= 0.3 is 0 Å². The maximum Gasteiger partial charge on any atom is 0.253 e. The zero-order valence-electron chi connectivity index (χ0n) is 10.8. The molecule has 1 aromatic heterocycles. The van der Waals surface area contributed by atoms with E-state index >= 15 is 0 Å². The topological polar surface area (TPSA) is 32.3 Å². The fourth-order valence-corrected chi connectivity index (χ4v) is 3.05. The van der Waals surface area contributed by atoms with E-state index in [1.165, 1.54) is 4.88 Å². The van der Waals surface area contributed by atoms with Crippen LogP contribution in [0, 0.1) is 0 Å². The summed E-state index contributed by atoms with van der Waals surface area (Å²) in [6.07, 6.45) is 0. The Bertz CT molecular complexity index is 580. The molecule has 0 aliphatic heterocycles. The summed E-state index contributed by atoms with van der Waals surface area (Å²) in [6.45, 7) is 0.760. The minimum absolute atomic E-state index is 0.0162. The van der Waals surface area contributed by atoms with Gasteiger partial charge in [-0.2, -0.15) is 0 Å². The van der Waals surface area contributed by atoms with Crippen molar-refractivity contribution in [1.82, 2.24) is 4.90 Å². The van der Waals surface area contributed by atoms with Crippen LogP contribution in [0.4, 0.5) is 5.69 Å². The summed E-state index contributed by atoms with van der Waals surface area (Å²) in [7, 11) is 3.51. The maximum absolute atomic E-state index is 11.9. The van der Waals surface area contributed by atoms with Crippen molar-refractivity contribution in [2.45, 2.75) is 6.54 Å². The number of rotatable bonds is 4. The van der Waals surface area contributed by atoms with Crippen LogP contribution >= 0.6 is 27.3 Å². The van der Waals surface area contributed by atoms with Gasteiger partial charge in [-0.3, -0.25) is 4.79 Å². The molecular weight excluding hydrogens is 324 g/mol. The predicted octanol–water partition coefficient (Wildman–Crippen LogP) is 3.82. The van der Waals surface area contributed by atoms with Crippen LogP contribution in [0.25, 0.3) is 0 Å². The minimum atomic E-state index is 0.0162. The van der Waals surface area contributed by atoms with E-state index in [1.54, 1.807) is 30.3 Å². The zero-order valence-corrected chi connectivity index (χ0v) is 13.2. The molecule has 2 aromatic rings. The zero-order chi connectivity index (χ0) is 13.8. The average molecular weight is 339 g/mol. The molecule has 2 rings (SSSR count). The van der Waals surface area contributed by atoms with Crippen LogP contribution in [0.2, 0.25) is 0 Å². The van der Waals surface area contributed by atoms with Crippen molar-refractivity contribution in [2.24, 2.45) is 0 Å². The molecule has 0 atom stereocenters. The van der Waals surface area contributed by atoms with E-state index in [0.717, 1.165) is 16.7 Å². The van der Waals surface area contributed by atoms with Crippen molar-refractivity contribution in [3.05, 3.63) is 50.6 Å². The lowest BCUT2D eigenvalue weighted by atomic mass is 10.2. The third-order valence-corrected chi connectivity index (χ3v) is 4.30. The molecule has 0 aliphatic carbocycles. The molecule has 1 N–H and O–H groups in total. The van der Waals surface area contributed by atoms with Crippen molar-refractivity contribution >= 4 is 38.9 Å². The molecule has 1 heterocycles. The molecule has 0 saturated heterocycles. The number of amides is 1. The molecule has 1 amide bonds. The number of nitrogens with zero attached hydrogens (tertiary/aromatic N) is 1. The Morgan fingerprint density at radius 2 is 2.16 bits per heavy atom. The monoisotopic (exact) mass is 338 g/mol. The molecule has 0 unspecified atom stereocenters. The van der Waals surface area contributed by atoms with Gasteiger partial charge in [0.15, 0.2) is 0 Å². The van der Waals surface area contributed by atoms with Gasteiger partial charge in [-0.15, -0.1) is 11.3 Å². The molecule has 0 bridgehead atoms. The summed E-state index contributed by atoms with van der Waals surface area (Å²) in [5.74, 6) is 0.0162. The summed E-state index contributed by atoms with van der Waals surface area (Å²) in [5, 5.41) is 5.39.